The molecule has 0 radical (unpaired) electrons. The van der Waals surface area contributed by atoms with Gasteiger partial charge in [-0.1, -0.05) is 18.2 Å². The van der Waals surface area contributed by atoms with Crippen molar-refractivity contribution in [3.8, 4) is 28.3 Å². The third kappa shape index (κ3) is 2.91. The normalized spacial score (nSPS) is 11.3. The highest BCUT2D eigenvalue weighted by Crippen LogP contribution is 2.31. The second-order valence-electron chi connectivity index (χ2n) is 7.17. The number of hydrogen-bond acceptors (Lipinski definition) is 4. The van der Waals surface area contributed by atoms with Crippen molar-refractivity contribution in [2.24, 2.45) is 0 Å². The van der Waals surface area contributed by atoms with Crippen molar-refractivity contribution in [1.29, 1.82) is 0 Å². The number of aryl methyl sites for hydroxylation is 2. The van der Waals surface area contributed by atoms with E-state index in [2.05, 4.69) is 55.9 Å². The van der Waals surface area contributed by atoms with Crippen LogP contribution < -0.4 is 4.74 Å². The van der Waals surface area contributed by atoms with Crippen LogP contribution in [0.4, 0.5) is 0 Å². The molecule has 0 aliphatic heterocycles. The lowest BCUT2D eigenvalue weighted by Gasteiger charge is -2.09. The minimum atomic E-state index is 0.651. The van der Waals surface area contributed by atoms with Crippen LogP contribution in [0.15, 0.2) is 67.1 Å². The van der Waals surface area contributed by atoms with Gasteiger partial charge in [0.2, 0.25) is 5.88 Å². The molecule has 142 valence electrons. The second kappa shape index (κ2) is 6.71. The standard InChI is InChI=1S/C24H20N4O/c1-15-10-18(13-26-24(15)29-3)17-8-9-28-22(14-25-23(28)12-17)20-11-16(2)27-21-7-5-4-6-19(20)21/h4-14H,1-3H3. The Labute approximate surface area is 168 Å². The van der Waals surface area contributed by atoms with E-state index < -0.39 is 0 Å². The summed E-state index contributed by atoms with van der Waals surface area (Å²) < 4.78 is 7.39. The quantitative estimate of drug-likeness (QED) is 0.430. The molecule has 0 spiro atoms. The highest BCUT2D eigenvalue weighted by atomic mass is 16.5. The Balaban J connectivity index is 1.65. The maximum Gasteiger partial charge on any atom is 0.215 e. The van der Waals surface area contributed by atoms with Gasteiger partial charge in [-0.2, -0.15) is 0 Å². The molecular formula is C24H20N4O. The summed E-state index contributed by atoms with van der Waals surface area (Å²) in [6.45, 7) is 4.02. The fourth-order valence-electron chi connectivity index (χ4n) is 3.81. The summed E-state index contributed by atoms with van der Waals surface area (Å²) in [5, 5.41) is 1.12. The molecule has 0 unspecified atom stereocenters. The first kappa shape index (κ1) is 17.4. The van der Waals surface area contributed by atoms with Crippen molar-refractivity contribution in [2.75, 3.05) is 7.11 Å². The summed E-state index contributed by atoms with van der Waals surface area (Å²) in [5.74, 6) is 0.651. The number of fused-ring (bicyclic) bond motifs is 2. The van der Waals surface area contributed by atoms with Crippen molar-refractivity contribution < 1.29 is 4.74 Å². The van der Waals surface area contributed by atoms with Crippen LogP contribution in [0.1, 0.15) is 11.3 Å². The van der Waals surface area contributed by atoms with Gasteiger partial charge in [-0.3, -0.25) is 9.38 Å². The van der Waals surface area contributed by atoms with Crippen LogP contribution in [0.25, 0.3) is 38.9 Å². The topological polar surface area (TPSA) is 52.3 Å². The Kier molecular flexibility index (Phi) is 4.02. The van der Waals surface area contributed by atoms with Crippen molar-refractivity contribution in [3.05, 3.63) is 78.4 Å². The molecule has 5 heteroatoms. The highest BCUT2D eigenvalue weighted by Gasteiger charge is 2.12. The van der Waals surface area contributed by atoms with Crippen LogP contribution in [0.5, 0.6) is 5.88 Å². The number of imidazole rings is 1. The molecule has 0 saturated heterocycles. The van der Waals surface area contributed by atoms with Gasteiger partial charge in [0.05, 0.1) is 24.5 Å². The van der Waals surface area contributed by atoms with E-state index in [1.54, 1.807) is 7.11 Å². The number of ether oxygens (including phenoxy) is 1. The summed E-state index contributed by atoms with van der Waals surface area (Å²) >= 11 is 0. The third-order valence-corrected chi connectivity index (χ3v) is 5.19. The summed E-state index contributed by atoms with van der Waals surface area (Å²) in [7, 11) is 1.64. The van der Waals surface area contributed by atoms with Crippen molar-refractivity contribution in [2.45, 2.75) is 13.8 Å². The van der Waals surface area contributed by atoms with Gasteiger partial charge >= 0.3 is 0 Å². The van der Waals surface area contributed by atoms with Gasteiger partial charge in [0.15, 0.2) is 0 Å². The van der Waals surface area contributed by atoms with E-state index >= 15 is 0 Å². The van der Waals surface area contributed by atoms with Gasteiger partial charge < -0.3 is 4.74 Å². The van der Waals surface area contributed by atoms with Crippen LogP contribution in [0, 0.1) is 13.8 Å². The average molecular weight is 380 g/mol. The molecule has 0 bridgehead atoms. The van der Waals surface area contributed by atoms with Crippen molar-refractivity contribution in [1.82, 2.24) is 19.4 Å². The Bertz CT molecular complexity index is 1370. The minimum absolute atomic E-state index is 0.651. The molecule has 0 fully saturated rings. The largest absolute Gasteiger partial charge is 0.481 e. The van der Waals surface area contributed by atoms with E-state index in [9.17, 15) is 0 Å². The summed E-state index contributed by atoms with van der Waals surface area (Å²) in [6, 6.07) is 16.6. The maximum atomic E-state index is 5.27. The molecular weight excluding hydrogens is 360 g/mol. The predicted octanol–water partition coefficient (Wildman–Crippen LogP) is 5.24. The molecule has 29 heavy (non-hydrogen) atoms. The van der Waals surface area contributed by atoms with E-state index in [1.165, 1.54) is 0 Å². The summed E-state index contributed by atoms with van der Waals surface area (Å²) in [4.78, 5) is 13.7. The number of hydrogen-bond donors (Lipinski definition) is 0. The molecule has 0 aliphatic rings. The fourth-order valence-corrected chi connectivity index (χ4v) is 3.81. The lowest BCUT2D eigenvalue weighted by Crippen LogP contribution is -1.94. The van der Waals surface area contributed by atoms with Gasteiger partial charge in [-0.25, -0.2) is 9.97 Å². The van der Waals surface area contributed by atoms with E-state index in [4.69, 9.17) is 4.74 Å². The van der Waals surface area contributed by atoms with Crippen molar-refractivity contribution >= 4 is 16.6 Å². The fraction of sp³-hybridized carbons (Fsp3) is 0.125. The van der Waals surface area contributed by atoms with E-state index in [1.807, 2.05) is 44.4 Å². The summed E-state index contributed by atoms with van der Waals surface area (Å²) in [5.41, 5.74) is 8.19. The zero-order valence-corrected chi connectivity index (χ0v) is 16.5. The molecule has 5 rings (SSSR count). The van der Waals surface area contributed by atoms with Gasteiger partial charge in [-0.15, -0.1) is 0 Å². The molecule has 0 saturated carbocycles. The lowest BCUT2D eigenvalue weighted by molar-refractivity contribution is 0.394. The van der Waals surface area contributed by atoms with E-state index in [0.29, 0.717) is 5.88 Å². The molecule has 5 aromatic rings. The Morgan fingerprint density at radius 2 is 1.76 bits per heavy atom. The molecule has 0 aliphatic carbocycles. The first-order chi connectivity index (χ1) is 14.1. The number of methoxy groups -OCH3 is 1. The molecule has 4 heterocycles. The van der Waals surface area contributed by atoms with Crippen LogP contribution in [-0.4, -0.2) is 26.5 Å². The highest BCUT2D eigenvalue weighted by molar-refractivity contribution is 5.94. The minimum Gasteiger partial charge on any atom is -0.481 e. The van der Waals surface area contributed by atoms with Crippen LogP contribution in [0.3, 0.4) is 0 Å². The maximum absolute atomic E-state index is 5.27. The average Bonchev–Trinajstić information content (AvgIpc) is 3.16. The van der Waals surface area contributed by atoms with Crippen LogP contribution in [0.2, 0.25) is 0 Å². The predicted molar refractivity (Wildman–Crippen MR) is 115 cm³/mol. The number of para-hydroxylation sites is 1. The molecule has 0 amide bonds. The molecule has 5 nitrogen and oxygen atoms in total. The number of nitrogens with zero attached hydrogens (tertiary/aromatic N) is 4. The monoisotopic (exact) mass is 380 g/mol. The SMILES string of the molecule is COc1ncc(-c2ccn3c(-c4cc(C)nc5ccccc45)cnc3c2)cc1C. The Morgan fingerprint density at radius 3 is 2.59 bits per heavy atom. The van der Waals surface area contributed by atoms with Crippen LogP contribution in [-0.2, 0) is 0 Å². The summed E-state index contributed by atoms with van der Waals surface area (Å²) in [6.07, 6.45) is 5.83. The Hall–Kier alpha value is -3.73. The zero-order chi connectivity index (χ0) is 20.0. The molecule has 4 aromatic heterocycles. The van der Waals surface area contributed by atoms with Gasteiger partial charge in [0, 0.05) is 40.2 Å². The number of aromatic nitrogens is 4. The third-order valence-electron chi connectivity index (χ3n) is 5.19. The first-order valence-electron chi connectivity index (χ1n) is 9.49. The first-order valence-corrected chi connectivity index (χ1v) is 9.49. The molecule has 0 atom stereocenters. The van der Waals surface area contributed by atoms with Gasteiger partial charge in [0.25, 0.3) is 0 Å². The second-order valence-corrected chi connectivity index (χ2v) is 7.17. The van der Waals surface area contributed by atoms with Crippen LogP contribution >= 0.6 is 0 Å². The van der Waals surface area contributed by atoms with Gasteiger partial charge in [-0.05, 0) is 49.7 Å². The Morgan fingerprint density at radius 1 is 0.897 bits per heavy atom. The number of pyridine rings is 3. The smallest absolute Gasteiger partial charge is 0.215 e. The molecule has 1 aromatic carbocycles. The zero-order valence-electron chi connectivity index (χ0n) is 16.5. The van der Waals surface area contributed by atoms with E-state index in [0.717, 1.165) is 50.2 Å². The molecule has 0 N–H and O–H groups in total. The number of benzene rings is 1. The van der Waals surface area contributed by atoms with E-state index in [-0.39, 0.29) is 0 Å². The number of rotatable bonds is 3. The lowest BCUT2D eigenvalue weighted by atomic mass is 10.0. The van der Waals surface area contributed by atoms with Gasteiger partial charge in [0.1, 0.15) is 5.65 Å². The van der Waals surface area contributed by atoms with Crippen molar-refractivity contribution in [3.63, 3.8) is 0 Å².